The van der Waals surface area contributed by atoms with Gasteiger partial charge in [0.15, 0.2) is 0 Å². The van der Waals surface area contributed by atoms with E-state index >= 15 is 0 Å². The Morgan fingerprint density at radius 3 is 2.60 bits per heavy atom. The van der Waals surface area contributed by atoms with Crippen LogP contribution in [0.3, 0.4) is 0 Å². The molecule has 3 heteroatoms. The van der Waals surface area contributed by atoms with Crippen molar-refractivity contribution in [3.8, 4) is 0 Å². The molecule has 84 valence electrons. The van der Waals surface area contributed by atoms with Crippen LogP contribution in [0.5, 0.6) is 0 Å². The van der Waals surface area contributed by atoms with Crippen molar-refractivity contribution in [2.24, 2.45) is 0 Å². The van der Waals surface area contributed by atoms with Gasteiger partial charge in [0, 0.05) is 25.2 Å². The molecule has 1 saturated heterocycles. The largest absolute Gasteiger partial charge is 0.466 e. The van der Waals surface area contributed by atoms with E-state index in [0.717, 1.165) is 44.0 Å². The molecule has 0 aromatic carbocycles. The first-order chi connectivity index (χ1) is 7.15. The second kappa shape index (κ2) is 4.37. The molecule has 0 aliphatic carbocycles. The van der Waals surface area contributed by atoms with Crippen molar-refractivity contribution in [2.75, 3.05) is 13.1 Å². The molecule has 1 aromatic heterocycles. The van der Waals surface area contributed by atoms with Crippen LogP contribution in [0.25, 0.3) is 0 Å². The molecule has 0 radical (unpaired) electrons. The molecule has 1 N–H and O–H groups in total. The molecule has 2 heterocycles. The summed E-state index contributed by atoms with van der Waals surface area (Å²) in [6.45, 7) is 6.93. The standard InChI is InChI=1S/C12H19NO2/c1-9-7-11(10(2)15-9)8-13-5-3-12(14)4-6-13/h7,12,14H,3-6,8H2,1-2H3. The third-order valence-electron chi connectivity index (χ3n) is 3.09. The Kier molecular flexibility index (Phi) is 3.12. The molecule has 15 heavy (non-hydrogen) atoms. The number of hydrogen-bond donors (Lipinski definition) is 1. The van der Waals surface area contributed by atoms with Gasteiger partial charge in [-0.25, -0.2) is 0 Å². The number of nitrogens with zero attached hydrogens (tertiary/aromatic N) is 1. The van der Waals surface area contributed by atoms with Gasteiger partial charge in [-0.1, -0.05) is 0 Å². The second-order valence-corrected chi connectivity index (χ2v) is 4.45. The van der Waals surface area contributed by atoms with Crippen LogP contribution < -0.4 is 0 Å². The quantitative estimate of drug-likeness (QED) is 0.807. The second-order valence-electron chi connectivity index (χ2n) is 4.45. The molecule has 1 fully saturated rings. The highest BCUT2D eigenvalue weighted by Crippen LogP contribution is 2.18. The fourth-order valence-corrected chi connectivity index (χ4v) is 2.16. The predicted octanol–water partition coefficient (Wildman–Crippen LogP) is 1.85. The summed E-state index contributed by atoms with van der Waals surface area (Å²) in [6.07, 6.45) is 1.71. The summed E-state index contributed by atoms with van der Waals surface area (Å²) in [5.74, 6) is 2.01. The summed E-state index contributed by atoms with van der Waals surface area (Å²) < 4.78 is 5.50. The number of hydrogen-bond acceptors (Lipinski definition) is 3. The van der Waals surface area contributed by atoms with E-state index in [4.69, 9.17) is 4.42 Å². The minimum atomic E-state index is -0.0894. The zero-order valence-corrected chi connectivity index (χ0v) is 9.49. The van der Waals surface area contributed by atoms with Crippen LogP contribution in [0.4, 0.5) is 0 Å². The smallest absolute Gasteiger partial charge is 0.105 e. The van der Waals surface area contributed by atoms with Gasteiger partial charge < -0.3 is 9.52 Å². The molecule has 3 nitrogen and oxygen atoms in total. The Balaban J connectivity index is 1.94. The van der Waals surface area contributed by atoms with E-state index in [-0.39, 0.29) is 6.10 Å². The van der Waals surface area contributed by atoms with Gasteiger partial charge in [0.25, 0.3) is 0 Å². The van der Waals surface area contributed by atoms with Gasteiger partial charge in [0.1, 0.15) is 11.5 Å². The van der Waals surface area contributed by atoms with Gasteiger partial charge in [-0.15, -0.1) is 0 Å². The van der Waals surface area contributed by atoms with Gasteiger partial charge in [-0.05, 0) is 32.8 Å². The number of furan rings is 1. The average molecular weight is 209 g/mol. The van der Waals surface area contributed by atoms with Crippen molar-refractivity contribution >= 4 is 0 Å². The van der Waals surface area contributed by atoms with Crippen molar-refractivity contribution in [2.45, 2.75) is 39.3 Å². The van der Waals surface area contributed by atoms with Crippen LogP contribution in [0.1, 0.15) is 29.9 Å². The molecule has 0 amide bonds. The van der Waals surface area contributed by atoms with Crippen LogP contribution in [-0.4, -0.2) is 29.2 Å². The molecule has 0 spiro atoms. The molecular weight excluding hydrogens is 190 g/mol. The molecule has 0 bridgehead atoms. The number of aliphatic hydroxyl groups excluding tert-OH is 1. The van der Waals surface area contributed by atoms with Gasteiger partial charge in [-0.3, -0.25) is 4.90 Å². The normalized spacial score (nSPS) is 19.7. The molecule has 0 unspecified atom stereocenters. The van der Waals surface area contributed by atoms with Gasteiger partial charge in [0.05, 0.1) is 6.10 Å². The van der Waals surface area contributed by atoms with Crippen LogP contribution in [-0.2, 0) is 6.54 Å². The van der Waals surface area contributed by atoms with E-state index in [1.54, 1.807) is 0 Å². The molecule has 1 aliphatic rings. The van der Waals surface area contributed by atoms with E-state index in [1.807, 2.05) is 13.8 Å². The molecule has 0 saturated carbocycles. The Morgan fingerprint density at radius 2 is 2.07 bits per heavy atom. The highest BCUT2D eigenvalue weighted by atomic mass is 16.3. The zero-order chi connectivity index (χ0) is 10.8. The maximum absolute atomic E-state index is 9.41. The maximum Gasteiger partial charge on any atom is 0.105 e. The van der Waals surface area contributed by atoms with Gasteiger partial charge in [0.2, 0.25) is 0 Å². The first-order valence-electron chi connectivity index (χ1n) is 5.61. The van der Waals surface area contributed by atoms with Crippen molar-refractivity contribution in [3.63, 3.8) is 0 Å². The fourth-order valence-electron chi connectivity index (χ4n) is 2.16. The third-order valence-corrected chi connectivity index (χ3v) is 3.09. The minimum Gasteiger partial charge on any atom is -0.466 e. The van der Waals surface area contributed by atoms with Crippen molar-refractivity contribution in [3.05, 3.63) is 23.2 Å². The van der Waals surface area contributed by atoms with Gasteiger partial charge in [-0.2, -0.15) is 0 Å². The van der Waals surface area contributed by atoms with Crippen LogP contribution >= 0.6 is 0 Å². The van der Waals surface area contributed by atoms with Crippen LogP contribution in [0.2, 0.25) is 0 Å². The van der Waals surface area contributed by atoms with Crippen LogP contribution in [0, 0.1) is 13.8 Å². The number of likely N-dealkylation sites (tertiary alicyclic amines) is 1. The molecule has 1 aliphatic heterocycles. The van der Waals surface area contributed by atoms with E-state index in [9.17, 15) is 5.11 Å². The Morgan fingerprint density at radius 1 is 1.40 bits per heavy atom. The highest BCUT2D eigenvalue weighted by Gasteiger charge is 2.18. The molecular formula is C12H19NO2. The average Bonchev–Trinajstić information content (AvgIpc) is 2.49. The lowest BCUT2D eigenvalue weighted by atomic mass is 10.1. The Bertz CT molecular complexity index is 324. The summed E-state index contributed by atoms with van der Waals surface area (Å²) in [4.78, 5) is 2.38. The Hall–Kier alpha value is -0.800. The lowest BCUT2D eigenvalue weighted by Gasteiger charge is -2.29. The van der Waals surface area contributed by atoms with Crippen molar-refractivity contribution < 1.29 is 9.52 Å². The SMILES string of the molecule is Cc1cc(CN2CCC(O)CC2)c(C)o1. The Labute approximate surface area is 90.7 Å². The fraction of sp³-hybridized carbons (Fsp3) is 0.667. The number of rotatable bonds is 2. The lowest BCUT2D eigenvalue weighted by Crippen LogP contribution is -2.35. The van der Waals surface area contributed by atoms with E-state index in [1.165, 1.54) is 5.56 Å². The number of aliphatic hydroxyl groups is 1. The highest BCUT2D eigenvalue weighted by molar-refractivity contribution is 5.19. The van der Waals surface area contributed by atoms with Crippen molar-refractivity contribution in [1.82, 2.24) is 4.90 Å². The summed E-state index contributed by atoms with van der Waals surface area (Å²) in [5, 5.41) is 9.41. The monoisotopic (exact) mass is 209 g/mol. The predicted molar refractivity (Wildman–Crippen MR) is 58.7 cm³/mol. The maximum atomic E-state index is 9.41. The lowest BCUT2D eigenvalue weighted by molar-refractivity contribution is 0.0790. The number of aryl methyl sites for hydroxylation is 2. The van der Waals surface area contributed by atoms with Crippen molar-refractivity contribution in [1.29, 1.82) is 0 Å². The summed E-state index contributed by atoms with van der Waals surface area (Å²) >= 11 is 0. The van der Waals surface area contributed by atoms with E-state index in [2.05, 4.69) is 11.0 Å². The molecule has 0 atom stereocenters. The third kappa shape index (κ3) is 2.61. The first kappa shape index (κ1) is 10.7. The van der Waals surface area contributed by atoms with Crippen LogP contribution in [0.15, 0.2) is 10.5 Å². The molecule has 1 aromatic rings. The minimum absolute atomic E-state index is 0.0894. The summed E-state index contributed by atoms with van der Waals surface area (Å²) in [6, 6.07) is 2.11. The van der Waals surface area contributed by atoms with E-state index in [0.29, 0.717) is 0 Å². The summed E-state index contributed by atoms with van der Waals surface area (Å²) in [7, 11) is 0. The number of piperidine rings is 1. The first-order valence-corrected chi connectivity index (χ1v) is 5.61. The summed E-state index contributed by atoms with van der Waals surface area (Å²) in [5.41, 5.74) is 1.28. The zero-order valence-electron chi connectivity index (χ0n) is 9.49. The molecule has 2 rings (SSSR count). The van der Waals surface area contributed by atoms with E-state index < -0.39 is 0 Å². The topological polar surface area (TPSA) is 36.6 Å². The van der Waals surface area contributed by atoms with Gasteiger partial charge >= 0.3 is 0 Å².